The highest BCUT2D eigenvalue weighted by atomic mass is 32.1. The van der Waals surface area contributed by atoms with Gasteiger partial charge in [0, 0.05) is 11.6 Å². The van der Waals surface area contributed by atoms with E-state index in [9.17, 15) is 4.79 Å². The number of hydrogen-bond donors (Lipinski definition) is 2. The second kappa shape index (κ2) is 8.75. The third-order valence-corrected chi connectivity index (χ3v) is 4.60. The fourth-order valence-electron chi connectivity index (χ4n) is 3.12. The van der Waals surface area contributed by atoms with Crippen molar-refractivity contribution in [2.24, 2.45) is 0 Å². The van der Waals surface area contributed by atoms with Crippen LogP contribution >= 0.6 is 12.2 Å². The molecule has 0 fully saturated rings. The molecule has 0 unspecified atom stereocenters. The van der Waals surface area contributed by atoms with E-state index < -0.39 is 12.0 Å². The zero-order chi connectivity index (χ0) is 20.1. The first kappa shape index (κ1) is 19.7. The maximum Gasteiger partial charge on any atom is 0.338 e. The number of nitrogens with one attached hydrogen (secondary N) is 2. The maximum absolute atomic E-state index is 12.9. The van der Waals surface area contributed by atoms with E-state index in [4.69, 9.17) is 26.4 Å². The Morgan fingerprint density at radius 2 is 1.86 bits per heavy atom. The molecule has 7 heteroatoms. The lowest BCUT2D eigenvalue weighted by Crippen LogP contribution is -2.45. The summed E-state index contributed by atoms with van der Waals surface area (Å²) in [5, 5.41) is 6.70. The Morgan fingerprint density at radius 3 is 2.50 bits per heavy atom. The van der Waals surface area contributed by atoms with Crippen molar-refractivity contribution in [1.29, 1.82) is 0 Å². The summed E-state index contributed by atoms with van der Waals surface area (Å²) in [6, 6.07) is 14.5. The van der Waals surface area contributed by atoms with Crippen molar-refractivity contribution in [3.63, 3.8) is 0 Å². The van der Waals surface area contributed by atoms with Crippen molar-refractivity contribution in [2.75, 3.05) is 20.8 Å². The second-order valence-corrected chi connectivity index (χ2v) is 6.42. The van der Waals surface area contributed by atoms with Crippen LogP contribution in [0.1, 0.15) is 24.1 Å². The van der Waals surface area contributed by atoms with E-state index in [1.165, 1.54) is 0 Å². The summed E-state index contributed by atoms with van der Waals surface area (Å²) in [7, 11) is 3.16. The molecular weight excluding hydrogens is 376 g/mol. The van der Waals surface area contributed by atoms with Gasteiger partial charge in [0.2, 0.25) is 0 Å². The summed E-state index contributed by atoms with van der Waals surface area (Å²) in [6.45, 7) is 2.04. The highest BCUT2D eigenvalue weighted by molar-refractivity contribution is 7.80. The Bertz CT molecular complexity index is 912. The molecule has 0 aliphatic carbocycles. The normalized spacial score (nSPS) is 16.1. The highest BCUT2D eigenvalue weighted by Crippen LogP contribution is 2.37. The van der Waals surface area contributed by atoms with Crippen LogP contribution in [0.3, 0.4) is 0 Å². The average Bonchev–Trinajstić information content (AvgIpc) is 2.73. The largest absolute Gasteiger partial charge is 0.497 e. The van der Waals surface area contributed by atoms with Crippen LogP contribution in [0.2, 0.25) is 0 Å². The predicted molar refractivity (Wildman–Crippen MR) is 111 cm³/mol. The first-order valence-corrected chi connectivity index (χ1v) is 9.26. The van der Waals surface area contributed by atoms with Gasteiger partial charge in [-0.1, -0.05) is 30.3 Å². The minimum absolute atomic E-state index is 0.265. The molecule has 6 nitrogen and oxygen atoms in total. The van der Waals surface area contributed by atoms with E-state index in [2.05, 4.69) is 10.6 Å². The van der Waals surface area contributed by atoms with Gasteiger partial charge in [0.05, 0.1) is 38.1 Å². The van der Waals surface area contributed by atoms with Crippen molar-refractivity contribution in [3.8, 4) is 11.5 Å². The number of hydrogen-bond acceptors (Lipinski definition) is 5. The molecule has 2 aromatic rings. The molecule has 0 amide bonds. The third kappa shape index (κ3) is 3.94. The number of ether oxygens (including phenoxy) is 3. The molecule has 1 atom stereocenters. The van der Waals surface area contributed by atoms with E-state index in [1.807, 2.05) is 42.5 Å². The van der Waals surface area contributed by atoms with Crippen LogP contribution in [0.15, 0.2) is 54.1 Å². The average molecular weight is 398 g/mol. The van der Waals surface area contributed by atoms with E-state index in [-0.39, 0.29) is 6.61 Å². The number of carbonyl (C=O) groups is 1. The van der Waals surface area contributed by atoms with Gasteiger partial charge in [-0.15, -0.1) is 0 Å². The van der Waals surface area contributed by atoms with Crippen molar-refractivity contribution in [3.05, 3.63) is 65.2 Å². The van der Waals surface area contributed by atoms with Gasteiger partial charge in [0.15, 0.2) is 5.11 Å². The van der Waals surface area contributed by atoms with E-state index in [0.717, 1.165) is 11.1 Å². The lowest BCUT2D eigenvalue weighted by molar-refractivity contribution is -0.138. The topological polar surface area (TPSA) is 68.8 Å². The quantitative estimate of drug-likeness (QED) is 0.572. The van der Waals surface area contributed by atoms with Crippen molar-refractivity contribution in [2.45, 2.75) is 13.0 Å². The molecule has 0 saturated carbocycles. The van der Waals surface area contributed by atoms with Gasteiger partial charge >= 0.3 is 5.97 Å². The van der Waals surface area contributed by atoms with Gasteiger partial charge in [-0.05, 0) is 36.8 Å². The van der Waals surface area contributed by atoms with Crippen LogP contribution in [0, 0.1) is 0 Å². The molecule has 2 N–H and O–H groups in total. The molecule has 1 heterocycles. The first-order chi connectivity index (χ1) is 13.6. The van der Waals surface area contributed by atoms with Crippen LogP contribution in [0.5, 0.6) is 11.5 Å². The number of methoxy groups -OCH3 is 2. The minimum atomic E-state index is -0.538. The Labute approximate surface area is 169 Å². The van der Waals surface area contributed by atoms with E-state index in [1.54, 1.807) is 27.2 Å². The molecule has 0 spiro atoms. The van der Waals surface area contributed by atoms with Crippen molar-refractivity contribution in [1.82, 2.24) is 10.6 Å². The van der Waals surface area contributed by atoms with Crippen LogP contribution in [-0.2, 0) is 9.53 Å². The summed E-state index contributed by atoms with van der Waals surface area (Å²) in [5.41, 5.74) is 2.64. The zero-order valence-corrected chi connectivity index (χ0v) is 16.8. The molecule has 3 rings (SSSR count). The van der Waals surface area contributed by atoms with Crippen LogP contribution in [0.25, 0.3) is 5.70 Å². The highest BCUT2D eigenvalue weighted by Gasteiger charge is 2.34. The molecule has 0 radical (unpaired) electrons. The van der Waals surface area contributed by atoms with Gasteiger partial charge in [-0.2, -0.15) is 0 Å². The van der Waals surface area contributed by atoms with Gasteiger partial charge in [0.1, 0.15) is 11.5 Å². The molecule has 146 valence electrons. The van der Waals surface area contributed by atoms with Crippen LogP contribution in [0.4, 0.5) is 0 Å². The minimum Gasteiger partial charge on any atom is -0.497 e. The third-order valence-electron chi connectivity index (χ3n) is 4.38. The first-order valence-electron chi connectivity index (χ1n) is 8.85. The summed E-state index contributed by atoms with van der Waals surface area (Å²) >= 11 is 5.42. The Hall–Kier alpha value is -3.06. The molecule has 1 aliphatic heterocycles. The maximum atomic E-state index is 12.9. The number of rotatable bonds is 6. The Kier molecular flexibility index (Phi) is 6.16. The van der Waals surface area contributed by atoms with E-state index >= 15 is 0 Å². The lowest BCUT2D eigenvalue weighted by atomic mass is 9.92. The van der Waals surface area contributed by atoms with Gasteiger partial charge < -0.3 is 24.8 Å². The SMILES string of the molecule is CCOC(=O)C1=C(c2ccccc2)NC(=S)N[C@@H]1c1ccc(OC)cc1OC. The monoisotopic (exact) mass is 398 g/mol. The Balaban J connectivity index is 2.20. The lowest BCUT2D eigenvalue weighted by Gasteiger charge is -2.32. The molecule has 2 aromatic carbocycles. The van der Waals surface area contributed by atoms with Crippen LogP contribution < -0.4 is 20.1 Å². The predicted octanol–water partition coefficient (Wildman–Crippen LogP) is 3.20. The molecule has 28 heavy (non-hydrogen) atoms. The Morgan fingerprint density at radius 1 is 1.11 bits per heavy atom. The molecule has 0 bridgehead atoms. The molecular formula is C21H22N2O4S. The van der Waals surface area contributed by atoms with Gasteiger partial charge in [-0.25, -0.2) is 4.79 Å². The molecule has 0 aromatic heterocycles. The number of benzene rings is 2. The summed E-state index contributed by atoms with van der Waals surface area (Å²) in [5.74, 6) is 0.810. The summed E-state index contributed by atoms with van der Waals surface area (Å²) < 4.78 is 16.2. The molecule has 0 saturated heterocycles. The summed E-state index contributed by atoms with van der Waals surface area (Å²) in [4.78, 5) is 12.9. The standard InChI is InChI=1S/C21H22N2O4S/c1-4-27-20(24)17-18(13-8-6-5-7-9-13)22-21(28)23-19(17)15-11-10-14(25-2)12-16(15)26-3/h5-12,19H,4H2,1-3H3,(H2,22,23,28)/t19-/m1/s1. The fraction of sp³-hybridized carbons (Fsp3) is 0.238. The van der Waals surface area contributed by atoms with Gasteiger partial charge in [-0.3, -0.25) is 0 Å². The fourth-order valence-corrected chi connectivity index (χ4v) is 3.34. The van der Waals surface area contributed by atoms with Gasteiger partial charge in [0.25, 0.3) is 0 Å². The number of esters is 1. The van der Waals surface area contributed by atoms with Crippen molar-refractivity contribution < 1.29 is 19.0 Å². The zero-order valence-electron chi connectivity index (χ0n) is 15.9. The van der Waals surface area contributed by atoms with Crippen molar-refractivity contribution >= 4 is 29.0 Å². The summed E-state index contributed by atoms with van der Waals surface area (Å²) in [6.07, 6.45) is 0. The van der Waals surface area contributed by atoms with Crippen LogP contribution in [-0.4, -0.2) is 31.9 Å². The number of thiocarbonyl (C=S) groups is 1. The molecule has 1 aliphatic rings. The number of carbonyl (C=O) groups excluding carboxylic acids is 1. The second-order valence-electron chi connectivity index (χ2n) is 6.01. The van der Waals surface area contributed by atoms with E-state index in [0.29, 0.717) is 27.9 Å². The smallest absolute Gasteiger partial charge is 0.338 e.